The molecule has 0 saturated carbocycles. The number of rotatable bonds is 4. The molecule has 0 saturated heterocycles. The Morgan fingerprint density at radius 3 is 2.25 bits per heavy atom. The van der Waals surface area contributed by atoms with Crippen molar-refractivity contribution in [1.82, 2.24) is 15.0 Å². The topological polar surface area (TPSA) is 70.9 Å². The molecule has 0 aliphatic carbocycles. The number of aliphatic hydroxyl groups excluding tert-OH is 1. The third kappa shape index (κ3) is 3.13. The maximum Gasteiger partial charge on any atom is 0.416 e. The summed E-state index contributed by atoms with van der Waals surface area (Å²) in [5.41, 5.74) is 1.45. The number of aromatic nitrogens is 3. The Hall–Kier alpha value is -2.74. The van der Waals surface area contributed by atoms with Crippen molar-refractivity contribution in [2.75, 3.05) is 18.5 Å². The van der Waals surface area contributed by atoms with Crippen molar-refractivity contribution < 1.29 is 18.3 Å². The van der Waals surface area contributed by atoms with Gasteiger partial charge in [0.1, 0.15) is 11.0 Å². The number of anilines is 1. The monoisotopic (exact) mass is 334 g/mol. The first-order chi connectivity index (χ1) is 11.5. The predicted molar refractivity (Wildman–Crippen MR) is 83.3 cm³/mol. The number of hydrogen-bond donors (Lipinski definition) is 2. The van der Waals surface area contributed by atoms with Crippen LogP contribution in [0.15, 0.2) is 42.9 Å². The van der Waals surface area contributed by atoms with Crippen molar-refractivity contribution >= 4 is 16.9 Å². The van der Waals surface area contributed by atoms with Gasteiger partial charge < -0.3 is 10.4 Å². The van der Waals surface area contributed by atoms with Crippen LogP contribution in [0.4, 0.5) is 19.0 Å². The summed E-state index contributed by atoms with van der Waals surface area (Å²) in [6.07, 6.45) is 0.159. The lowest BCUT2D eigenvalue weighted by Gasteiger charge is -2.11. The molecule has 0 atom stereocenters. The van der Waals surface area contributed by atoms with Crippen molar-refractivity contribution in [1.29, 1.82) is 0 Å². The first-order valence-corrected chi connectivity index (χ1v) is 7.13. The molecule has 2 heterocycles. The summed E-state index contributed by atoms with van der Waals surface area (Å²) in [5, 5.41) is 11.8. The van der Waals surface area contributed by atoms with Gasteiger partial charge in [-0.2, -0.15) is 13.2 Å². The first-order valence-electron chi connectivity index (χ1n) is 7.13. The number of pyridine rings is 1. The minimum absolute atomic E-state index is 0.0654. The number of aliphatic hydroxyl groups is 1. The van der Waals surface area contributed by atoms with Gasteiger partial charge in [0.25, 0.3) is 0 Å². The molecule has 3 rings (SSSR count). The minimum atomic E-state index is -4.38. The highest BCUT2D eigenvalue weighted by Crippen LogP contribution is 2.33. The molecule has 2 N–H and O–H groups in total. The van der Waals surface area contributed by atoms with E-state index in [4.69, 9.17) is 5.11 Å². The van der Waals surface area contributed by atoms with Crippen LogP contribution in [0.2, 0.25) is 0 Å². The van der Waals surface area contributed by atoms with Crippen LogP contribution < -0.4 is 5.32 Å². The van der Waals surface area contributed by atoms with Crippen molar-refractivity contribution in [2.45, 2.75) is 6.18 Å². The summed E-state index contributed by atoms with van der Waals surface area (Å²) in [6.45, 7) is 0.238. The van der Waals surface area contributed by atoms with Gasteiger partial charge in [-0.1, -0.05) is 12.1 Å². The highest BCUT2D eigenvalue weighted by atomic mass is 19.4. The molecule has 8 heteroatoms. The van der Waals surface area contributed by atoms with Crippen molar-refractivity contribution in [3.63, 3.8) is 0 Å². The van der Waals surface area contributed by atoms with Gasteiger partial charge in [0, 0.05) is 30.7 Å². The van der Waals surface area contributed by atoms with E-state index >= 15 is 0 Å². The van der Waals surface area contributed by atoms with Crippen LogP contribution in [0.5, 0.6) is 0 Å². The van der Waals surface area contributed by atoms with E-state index in [9.17, 15) is 13.2 Å². The molecule has 0 aliphatic rings. The maximum atomic E-state index is 12.7. The molecule has 5 nitrogen and oxygen atoms in total. The quantitative estimate of drug-likeness (QED) is 0.767. The SMILES string of the molecule is OCCNc1ncc(-c2ccc(C(F)(F)F)cc2)c2nccnc12. The highest BCUT2D eigenvalue weighted by Gasteiger charge is 2.30. The normalized spacial score (nSPS) is 11.7. The van der Waals surface area contributed by atoms with E-state index in [1.807, 2.05) is 0 Å². The van der Waals surface area contributed by atoms with Gasteiger partial charge >= 0.3 is 6.18 Å². The number of nitrogens with one attached hydrogen (secondary N) is 1. The van der Waals surface area contributed by atoms with E-state index in [0.717, 1.165) is 12.1 Å². The maximum absolute atomic E-state index is 12.7. The zero-order chi connectivity index (χ0) is 17.2. The van der Waals surface area contributed by atoms with Gasteiger partial charge in [-0.15, -0.1) is 0 Å². The van der Waals surface area contributed by atoms with E-state index < -0.39 is 11.7 Å². The van der Waals surface area contributed by atoms with Gasteiger partial charge in [0.05, 0.1) is 12.2 Å². The summed E-state index contributed by atoms with van der Waals surface area (Å²) in [6, 6.07) is 4.81. The molecular formula is C16H13F3N4O. The summed E-state index contributed by atoms with van der Waals surface area (Å²) in [4.78, 5) is 12.7. The van der Waals surface area contributed by atoms with Gasteiger partial charge in [-0.05, 0) is 17.7 Å². The number of halogens is 3. The molecule has 124 valence electrons. The molecule has 3 aromatic rings. The van der Waals surface area contributed by atoms with Crippen molar-refractivity contribution in [3.8, 4) is 11.1 Å². The predicted octanol–water partition coefficient (Wildman–Crippen LogP) is 3.11. The van der Waals surface area contributed by atoms with E-state index in [1.54, 1.807) is 0 Å². The van der Waals surface area contributed by atoms with Crippen molar-refractivity contribution in [3.05, 3.63) is 48.4 Å². The van der Waals surface area contributed by atoms with Gasteiger partial charge in [0.2, 0.25) is 0 Å². The van der Waals surface area contributed by atoms with Crippen LogP contribution in [0.25, 0.3) is 22.2 Å². The molecular weight excluding hydrogens is 321 g/mol. The Kier molecular flexibility index (Phi) is 4.30. The molecule has 0 bridgehead atoms. The minimum Gasteiger partial charge on any atom is -0.395 e. The lowest BCUT2D eigenvalue weighted by atomic mass is 10.0. The fraction of sp³-hybridized carbons (Fsp3) is 0.188. The van der Waals surface area contributed by atoms with E-state index in [2.05, 4.69) is 20.3 Å². The second-order valence-corrected chi connectivity index (χ2v) is 5.00. The smallest absolute Gasteiger partial charge is 0.395 e. The largest absolute Gasteiger partial charge is 0.416 e. The molecule has 2 aromatic heterocycles. The van der Waals surface area contributed by atoms with E-state index in [0.29, 0.717) is 34.5 Å². The summed E-state index contributed by atoms with van der Waals surface area (Å²) >= 11 is 0. The van der Waals surface area contributed by atoms with E-state index in [1.165, 1.54) is 30.7 Å². The van der Waals surface area contributed by atoms with Crippen molar-refractivity contribution in [2.24, 2.45) is 0 Å². The standard InChI is InChI=1S/C16H13F3N4O/c17-16(18,19)11-3-1-10(2-4-11)12-9-23-15(22-7-8-24)14-13(12)20-5-6-21-14/h1-6,9,24H,7-8H2,(H,22,23). The molecule has 0 spiro atoms. The average molecular weight is 334 g/mol. The lowest BCUT2D eigenvalue weighted by molar-refractivity contribution is -0.137. The number of fused-ring (bicyclic) bond motifs is 1. The molecule has 0 aliphatic heterocycles. The molecule has 1 aromatic carbocycles. The lowest BCUT2D eigenvalue weighted by Crippen LogP contribution is -2.08. The summed E-state index contributed by atoms with van der Waals surface area (Å²) in [7, 11) is 0. The number of hydrogen-bond acceptors (Lipinski definition) is 5. The Morgan fingerprint density at radius 2 is 1.62 bits per heavy atom. The molecule has 0 amide bonds. The third-order valence-corrected chi connectivity index (χ3v) is 3.43. The Bertz CT molecular complexity index is 850. The molecule has 24 heavy (non-hydrogen) atoms. The Balaban J connectivity index is 2.07. The third-order valence-electron chi connectivity index (χ3n) is 3.43. The van der Waals surface area contributed by atoms with Crippen LogP contribution in [0, 0.1) is 0 Å². The van der Waals surface area contributed by atoms with Crippen LogP contribution in [0.1, 0.15) is 5.56 Å². The molecule has 0 radical (unpaired) electrons. The number of nitrogens with zero attached hydrogens (tertiary/aromatic N) is 3. The average Bonchev–Trinajstić information content (AvgIpc) is 2.59. The number of alkyl halides is 3. The highest BCUT2D eigenvalue weighted by molar-refractivity contribution is 5.96. The Morgan fingerprint density at radius 1 is 0.958 bits per heavy atom. The van der Waals surface area contributed by atoms with Gasteiger partial charge in [-0.3, -0.25) is 4.98 Å². The number of benzene rings is 1. The van der Waals surface area contributed by atoms with Crippen LogP contribution in [-0.4, -0.2) is 33.2 Å². The van der Waals surface area contributed by atoms with E-state index in [-0.39, 0.29) is 6.61 Å². The zero-order valence-electron chi connectivity index (χ0n) is 12.4. The molecule has 0 unspecified atom stereocenters. The fourth-order valence-electron chi connectivity index (χ4n) is 2.31. The first kappa shape index (κ1) is 16.1. The summed E-state index contributed by atoms with van der Waals surface area (Å²) < 4.78 is 38.0. The van der Waals surface area contributed by atoms with Crippen LogP contribution in [0.3, 0.4) is 0 Å². The van der Waals surface area contributed by atoms with Gasteiger partial charge in [0.15, 0.2) is 5.82 Å². The second-order valence-electron chi connectivity index (χ2n) is 5.00. The second kappa shape index (κ2) is 6.40. The van der Waals surface area contributed by atoms with Gasteiger partial charge in [-0.25, -0.2) is 9.97 Å². The summed E-state index contributed by atoms with van der Waals surface area (Å²) in [5.74, 6) is 0.461. The van der Waals surface area contributed by atoms with Crippen LogP contribution in [-0.2, 0) is 6.18 Å². The van der Waals surface area contributed by atoms with Crippen LogP contribution >= 0.6 is 0 Å². The Labute approximate surface area is 135 Å². The zero-order valence-corrected chi connectivity index (χ0v) is 12.4. The molecule has 0 fully saturated rings. The fourth-order valence-corrected chi connectivity index (χ4v) is 2.31.